The second-order valence-electron chi connectivity index (χ2n) is 5.62. The molecule has 2 aromatic heterocycles. The molecule has 1 aromatic carbocycles. The van der Waals surface area contributed by atoms with Gasteiger partial charge in [-0.05, 0) is 32.0 Å². The van der Waals surface area contributed by atoms with Crippen LogP contribution in [-0.4, -0.2) is 20.5 Å². The lowest BCUT2D eigenvalue weighted by Crippen LogP contribution is -2.17. The highest BCUT2D eigenvalue weighted by Gasteiger charge is 2.37. The number of amides is 1. The second-order valence-corrected chi connectivity index (χ2v) is 6.80. The van der Waals surface area contributed by atoms with Crippen molar-refractivity contribution in [1.29, 1.82) is 0 Å². The summed E-state index contributed by atoms with van der Waals surface area (Å²) in [6.07, 6.45) is -10.1. The van der Waals surface area contributed by atoms with E-state index >= 15 is 0 Å². The lowest BCUT2D eigenvalue weighted by Gasteiger charge is -2.13. The van der Waals surface area contributed by atoms with E-state index in [1.807, 2.05) is 6.92 Å². The molecule has 0 aliphatic carbocycles. The maximum absolute atomic E-state index is 12.9. The predicted octanol–water partition coefficient (Wildman–Crippen LogP) is 4.70. The molecule has 0 aliphatic heterocycles. The van der Waals surface area contributed by atoms with E-state index in [2.05, 4.69) is 15.4 Å². The molecule has 0 fully saturated rings. The minimum absolute atomic E-state index is 0.0479. The van der Waals surface area contributed by atoms with E-state index in [0.29, 0.717) is 17.1 Å². The average Bonchev–Trinajstić information content (AvgIpc) is 3.04. The van der Waals surface area contributed by atoms with Crippen molar-refractivity contribution in [1.82, 2.24) is 14.6 Å². The first-order valence-electron chi connectivity index (χ1n) is 7.30. The third kappa shape index (κ3) is 3.75. The number of halogens is 6. The molecule has 3 aromatic rings. The highest BCUT2D eigenvalue weighted by Crippen LogP contribution is 2.36. The zero-order valence-corrected chi connectivity index (χ0v) is 14.5. The quantitative estimate of drug-likeness (QED) is 0.626. The number of aromatic nitrogens is 3. The molecule has 0 saturated heterocycles. The first-order chi connectivity index (χ1) is 12.4. The fourth-order valence-corrected chi connectivity index (χ4v) is 3.16. The molecule has 1 N–H and O–H groups in total. The number of fused-ring (bicyclic) bond motifs is 1. The minimum atomic E-state index is -5.04. The van der Waals surface area contributed by atoms with E-state index in [4.69, 9.17) is 0 Å². The monoisotopic (exact) mass is 408 g/mol. The van der Waals surface area contributed by atoms with Crippen LogP contribution in [0.15, 0.2) is 18.2 Å². The third-order valence-electron chi connectivity index (χ3n) is 3.72. The Hall–Kier alpha value is -2.63. The molecule has 3 rings (SSSR count). The molecule has 0 atom stereocenters. The van der Waals surface area contributed by atoms with Crippen LogP contribution in [0, 0.1) is 13.8 Å². The lowest BCUT2D eigenvalue weighted by atomic mass is 10.0. The number of benzene rings is 1. The molecule has 27 heavy (non-hydrogen) atoms. The van der Waals surface area contributed by atoms with Crippen LogP contribution in [0.1, 0.15) is 32.1 Å². The predicted molar refractivity (Wildman–Crippen MR) is 84.7 cm³/mol. The number of thiazole rings is 1. The Morgan fingerprint density at radius 1 is 1.04 bits per heavy atom. The van der Waals surface area contributed by atoms with Gasteiger partial charge in [0.25, 0.3) is 11.9 Å². The molecular weight excluding hydrogens is 398 g/mol. The van der Waals surface area contributed by atoms with E-state index < -0.39 is 35.0 Å². The van der Waals surface area contributed by atoms with E-state index in [9.17, 15) is 31.1 Å². The number of carbonyl (C=O) groups is 1. The number of rotatable bonds is 2. The Bertz CT molecular complexity index is 1000. The average molecular weight is 408 g/mol. The van der Waals surface area contributed by atoms with Crippen molar-refractivity contribution in [2.24, 2.45) is 0 Å². The number of nitrogens with zero attached hydrogens (tertiary/aromatic N) is 3. The van der Waals surface area contributed by atoms with Crippen LogP contribution in [0.5, 0.6) is 0 Å². The molecule has 0 spiro atoms. The number of anilines is 1. The summed E-state index contributed by atoms with van der Waals surface area (Å²) in [5.41, 5.74) is -3.20. The van der Waals surface area contributed by atoms with Crippen molar-refractivity contribution in [3.8, 4) is 0 Å². The molecule has 144 valence electrons. The van der Waals surface area contributed by atoms with Gasteiger partial charge in [-0.15, -0.1) is 5.10 Å². The summed E-state index contributed by atoms with van der Waals surface area (Å²) in [6.45, 7) is 3.58. The first kappa shape index (κ1) is 19.1. The van der Waals surface area contributed by atoms with Crippen LogP contribution in [-0.2, 0) is 12.4 Å². The molecule has 0 radical (unpaired) electrons. The number of carbonyl (C=O) groups excluding carboxylic acids is 1. The van der Waals surface area contributed by atoms with Crippen LogP contribution in [0.2, 0.25) is 0 Å². The van der Waals surface area contributed by atoms with Gasteiger partial charge in [0.05, 0.1) is 16.8 Å². The van der Waals surface area contributed by atoms with E-state index in [-0.39, 0.29) is 12.0 Å². The lowest BCUT2D eigenvalue weighted by molar-refractivity contribution is -0.143. The van der Waals surface area contributed by atoms with Gasteiger partial charge in [-0.3, -0.25) is 10.1 Å². The summed E-state index contributed by atoms with van der Waals surface area (Å²) < 4.78 is 78.7. The van der Waals surface area contributed by atoms with Gasteiger partial charge in [0.2, 0.25) is 4.96 Å². The van der Waals surface area contributed by atoms with Gasteiger partial charge in [0, 0.05) is 10.4 Å². The van der Waals surface area contributed by atoms with E-state index in [0.717, 1.165) is 10.6 Å². The smallest absolute Gasteiger partial charge is 0.289 e. The van der Waals surface area contributed by atoms with Crippen molar-refractivity contribution in [2.75, 3.05) is 5.32 Å². The fourth-order valence-electron chi connectivity index (χ4n) is 2.25. The van der Waals surface area contributed by atoms with Crippen molar-refractivity contribution >= 4 is 28.2 Å². The summed E-state index contributed by atoms with van der Waals surface area (Å²) in [6, 6.07) is 0.643. The molecule has 0 aliphatic rings. The van der Waals surface area contributed by atoms with E-state index in [1.165, 1.54) is 15.9 Å². The molecule has 2 heterocycles. The number of hydrogen-bond donors (Lipinski definition) is 1. The molecule has 0 unspecified atom stereocenters. The Balaban J connectivity index is 1.97. The van der Waals surface area contributed by atoms with Crippen molar-refractivity contribution in [3.63, 3.8) is 0 Å². The summed E-state index contributed by atoms with van der Waals surface area (Å²) >= 11 is 1.27. The Labute approximate surface area is 151 Å². The van der Waals surface area contributed by atoms with Gasteiger partial charge in [-0.25, -0.2) is 4.52 Å². The van der Waals surface area contributed by atoms with Gasteiger partial charge in [0.1, 0.15) is 0 Å². The highest BCUT2D eigenvalue weighted by molar-refractivity contribution is 7.17. The van der Waals surface area contributed by atoms with Crippen molar-refractivity contribution < 1.29 is 31.1 Å². The largest absolute Gasteiger partial charge is 0.416 e. The van der Waals surface area contributed by atoms with Gasteiger partial charge in [-0.2, -0.15) is 31.3 Å². The van der Waals surface area contributed by atoms with Crippen LogP contribution in [0.4, 0.5) is 32.3 Å². The normalized spacial score (nSPS) is 12.6. The van der Waals surface area contributed by atoms with Gasteiger partial charge < -0.3 is 0 Å². The number of alkyl halides is 6. The summed E-state index contributed by atoms with van der Waals surface area (Å²) in [4.78, 5) is 17.5. The minimum Gasteiger partial charge on any atom is -0.289 e. The van der Waals surface area contributed by atoms with Gasteiger partial charge >= 0.3 is 12.4 Å². The fraction of sp³-hybridized carbons (Fsp3) is 0.267. The Morgan fingerprint density at radius 3 is 2.07 bits per heavy atom. The van der Waals surface area contributed by atoms with Crippen LogP contribution >= 0.6 is 11.3 Å². The number of hydrogen-bond acceptors (Lipinski definition) is 4. The van der Waals surface area contributed by atoms with Crippen LogP contribution in [0.25, 0.3) is 4.96 Å². The maximum atomic E-state index is 12.9. The molecule has 12 heteroatoms. The van der Waals surface area contributed by atoms with E-state index in [1.54, 1.807) is 6.92 Å². The molecular formula is C15H10F6N4OS. The summed E-state index contributed by atoms with van der Waals surface area (Å²) in [5.74, 6) is -1.40. The SMILES string of the molecule is Cc1sc2nc(NC(=O)c3cc(C(F)(F)F)cc(C(F)(F)F)c3)nn2c1C. The Morgan fingerprint density at radius 2 is 1.59 bits per heavy atom. The second kappa shape index (κ2) is 6.22. The molecule has 0 saturated carbocycles. The summed E-state index contributed by atoms with van der Waals surface area (Å²) in [5, 5.41) is 6.11. The van der Waals surface area contributed by atoms with Gasteiger partial charge in [-0.1, -0.05) is 11.3 Å². The third-order valence-corrected chi connectivity index (χ3v) is 4.77. The van der Waals surface area contributed by atoms with Crippen LogP contribution < -0.4 is 5.32 Å². The topological polar surface area (TPSA) is 59.3 Å². The zero-order chi connectivity index (χ0) is 20.1. The maximum Gasteiger partial charge on any atom is 0.416 e. The molecule has 1 amide bonds. The zero-order valence-electron chi connectivity index (χ0n) is 13.7. The summed E-state index contributed by atoms with van der Waals surface area (Å²) in [7, 11) is 0. The molecule has 0 bridgehead atoms. The van der Waals surface area contributed by atoms with Crippen molar-refractivity contribution in [2.45, 2.75) is 26.2 Å². The van der Waals surface area contributed by atoms with Crippen LogP contribution in [0.3, 0.4) is 0 Å². The molecule has 5 nitrogen and oxygen atoms in total. The van der Waals surface area contributed by atoms with Crippen molar-refractivity contribution in [3.05, 3.63) is 45.5 Å². The standard InChI is InChI=1S/C15H10F6N4OS/c1-6-7(2)27-13-23-12(24-25(6)13)22-11(26)8-3-9(14(16,17)18)5-10(4-8)15(19,20)21/h3-5H,1-2H3,(H,22,24,26). The number of aryl methyl sites for hydroxylation is 2. The Kier molecular flexibility index (Phi) is 4.41. The van der Waals surface area contributed by atoms with Gasteiger partial charge in [0.15, 0.2) is 0 Å². The highest BCUT2D eigenvalue weighted by atomic mass is 32.1. The first-order valence-corrected chi connectivity index (χ1v) is 8.11. The number of nitrogens with one attached hydrogen (secondary N) is 1.